The largest absolute Gasteiger partial charge is 0.479 e. The van der Waals surface area contributed by atoms with E-state index in [1.54, 1.807) is 0 Å². The summed E-state index contributed by atoms with van der Waals surface area (Å²) in [6, 6.07) is 0. The third kappa shape index (κ3) is 5.07. The first-order valence-electron chi connectivity index (χ1n) is 3.47. The Morgan fingerprint density at radius 3 is 1.07 bits per heavy atom. The predicted octanol–water partition coefficient (Wildman–Crippen LogP) is -3.78. The second kappa shape index (κ2) is 7.34. The van der Waals surface area contributed by atoms with E-state index in [0.29, 0.717) is 0 Å². The monoisotopic (exact) mass is 250 g/mol. The molecule has 0 aliphatic rings. The van der Waals surface area contributed by atoms with Crippen LogP contribution in [-0.2, 0) is 9.59 Å². The van der Waals surface area contributed by atoms with Crippen LogP contribution in [0, 0.1) is 0 Å². The number of aliphatic hydroxyl groups is 4. The number of aliphatic hydroxyl groups excluding tert-OH is 4. The molecule has 0 saturated heterocycles. The summed E-state index contributed by atoms with van der Waals surface area (Å²) in [5, 5.41) is 51.5. The Bertz CT molecular complexity index is 207. The summed E-state index contributed by atoms with van der Waals surface area (Å²) in [5.41, 5.74) is 0. The Balaban J connectivity index is 0. The molecule has 0 heterocycles. The molecule has 6 N–H and O–H groups in total. The van der Waals surface area contributed by atoms with Crippen molar-refractivity contribution in [3.05, 3.63) is 0 Å². The van der Waals surface area contributed by atoms with Crippen LogP contribution in [0.3, 0.4) is 0 Å². The number of hydrogen-bond acceptors (Lipinski definition) is 6. The Morgan fingerprint density at radius 2 is 0.933 bits per heavy atom. The van der Waals surface area contributed by atoms with Crippen LogP contribution in [0.2, 0.25) is 0 Å². The van der Waals surface area contributed by atoms with Gasteiger partial charge in [-0.15, -0.1) is 0 Å². The van der Waals surface area contributed by atoms with E-state index in [4.69, 9.17) is 30.6 Å². The molecule has 4 atom stereocenters. The van der Waals surface area contributed by atoms with Crippen molar-refractivity contribution in [3.8, 4) is 0 Å². The van der Waals surface area contributed by atoms with E-state index in [1.807, 2.05) is 0 Å². The maximum absolute atomic E-state index is 10.1. The second-order valence-electron chi connectivity index (χ2n) is 2.55. The van der Waals surface area contributed by atoms with Crippen LogP contribution in [0.1, 0.15) is 0 Å². The van der Waals surface area contributed by atoms with E-state index in [1.165, 1.54) is 0 Å². The van der Waals surface area contributed by atoms with Crippen LogP contribution in [-0.4, -0.2) is 105 Å². The molecule has 0 aliphatic carbocycles. The standard InChI is InChI=1S/C6H10O8.Ca/c7-1(3(9)5(11)12)2(8)4(10)6(13)14;/h1-4,7-10H,(H,11,12)(H,13,14);/t1-,2+,3+,4-;. The quantitative estimate of drug-likeness (QED) is 0.271. The van der Waals surface area contributed by atoms with Gasteiger partial charge in [0.15, 0.2) is 12.2 Å². The van der Waals surface area contributed by atoms with E-state index >= 15 is 0 Å². The number of rotatable bonds is 5. The average Bonchev–Trinajstić information content (AvgIpc) is 2.12. The third-order valence-corrected chi connectivity index (χ3v) is 1.50. The number of carboxylic acid groups (broad SMARTS) is 2. The first kappa shape index (κ1) is 17.4. The van der Waals surface area contributed by atoms with Crippen molar-refractivity contribution in [1.82, 2.24) is 0 Å². The molecule has 2 radical (unpaired) electrons. The molecule has 0 unspecified atom stereocenters. The van der Waals surface area contributed by atoms with Crippen molar-refractivity contribution in [2.75, 3.05) is 0 Å². The fourth-order valence-electron chi connectivity index (χ4n) is 0.666. The fourth-order valence-corrected chi connectivity index (χ4v) is 0.666. The topological polar surface area (TPSA) is 156 Å². The molecule has 0 amide bonds. The molecule has 0 aromatic heterocycles. The minimum Gasteiger partial charge on any atom is -0.479 e. The van der Waals surface area contributed by atoms with Crippen LogP contribution in [0.25, 0.3) is 0 Å². The molecule has 0 bridgehead atoms. The molecule has 9 heteroatoms. The number of hydrogen-bond donors (Lipinski definition) is 6. The molecule has 0 aliphatic heterocycles. The molecule has 84 valence electrons. The van der Waals surface area contributed by atoms with Gasteiger partial charge in [-0.1, -0.05) is 0 Å². The average molecular weight is 250 g/mol. The summed E-state index contributed by atoms with van der Waals surface area (Å²) in [6.07, 6.45) is -9.28. The van der Waals surface area contributed by atoms with Gasteiger partial charge in [-0.3, -0.25) is 0 Å². The Kier molecular flexibility index (Phi) is 8.53. The van der Waals surface area contributed by atoms with Gasteiger partial charge in [0.05, 0.1) is 0 Å². The van der Waals surface area contributed by atoms with E-state index in [0.717, 1.165) is 0 Å². The molecule has 0 aromatic rings. The smallest absolute Gasteiger partial charge is 0.335 e. The van der Waals surface area contributed by atoms with Gasteiger partial charge in [-0.05, 0) is 0 Å². The van der Waals surface area contributed by atoms with Crippen LogP contribution >= 0.6 is 0 Å². The van der Waals surface area contributed by atoms with Crippen LogP contribution in [0.4, 0.5) is 0 Å². The fraction of sp³-hybridized carbons (Fsp3) is 0.667. The molecule has 8 nitrogen and oxygen atoms in total. The van der Waals surface area contributed by atoms with E-state index < -0.39 is 36.4 Å². The Morgan fingerprint density at radius 1 is 0.733 bits per heavy atom. The van der Waals surface area contributed by atoms with Crippen molar-refractivity contribution in [2.24, 2.45) is 0 Å². The molecule has 0 saturated carbocycles. The molecule has 15 heavy (non-hydrogen) atoms. The number of carboxylic acids is 2. The zero-order valence-corrected chi connectivity index (χ0v) is 9.72. The Hall–Kier alpha value is 0.0397. The minimum absolute atomic E-state index is 0. The summed E-state index contributed by atoms with van der Waals surface area (Å²) in [5.74, 6) is -3.68. The molecular formula is C6H10CaO8. The van der Waals surface area contributed by atoms with E-state index in [2.05, 4.69) is 0 Å². The SMILES string of the molecule is O=C(O)[C@@H](O)[C@H](O)[C@H](O)[C@@H](O)C(=O)O.[Ca]. The minimum atomic E-state index is -2.36. The summed E-state index contributed by atoms with van der Waals surface area (Å²) in [7, 11) is 0. The van der Waals surface area contributed by atoms with E-state index in [9.17, 15) is 9.59 Å². The summed E-state index contributed by atoms with van der Waals surface area (Å²) in [6.45, 7) is 0. The van der Waals surface area contributed by atoms with Gasteiger partial charge in [-0.25, -0.2) is 9.59 Å². The zero-order valence-electron chi connectivity index (χ0n) is 7.52. The first-order valence-corrected chi connectivity index (χ1v) is 3.47. The van der Waals surface area contributed by atoms with Crippen molar-refractivity contribution < 1.29 is 40.2 Å². The summed E-state index contributed by atoms with van der Waals surface area (Å²) >= 11 is 0. The maximum atomic E-state index is 10.1. The molecule has 0 spiro atoms. The van der Waals surface area contributed by atoms with Gasteiger partial charge in [-0.2, -0.15) is 0 Å². The van der Waals surface area contributed by atoms with Gasteiger partial charge < -0.3 is 30.6 Å². The molecule has 0 fully saturated rings. The van der Waals surface area contributed by atoms with Gasteiger partial charge in [0, 0.05) is 37.7 Å². The number of aliphatic carboxylic acids is 2. The van der Waals surface area contributed by atoms with Gasteiger partial charge in [0.25, 0.3) is 0 Å². The van der Waals surface area contributed by atoms with Crippen LogP contribution in [0.5, 0.6) is 0 Å². The van der Waals surface area contributed by atoms with Gasteiger partial charge in [0.1, 0.15) is 12.2 Å². The van der Waals surface area contributed by atoms with Crippen molar-refractivity contribution in [3.63, 3.8) is 0 Å². The third-order valence-electron chi connectivity index (χ3n) is 1.50. The van der Waals surface area contributed by atoms with Crippen LogP contribution in [0.15, 0.2) is 0 Å². The molecule has 0 rings (SSSR count). The summed E-state index contributed by atoms with van der Waals surface area (Å²) < 4.78 is 0. The van der Waals surface area contributed by atoms with Crippen molar-refractivity contribution in [1.29, 1.82) is 0 Å². The van der Waals surface area contributed by atoms with E-state index in [-0.39, 0.29) is 37.7 Å². The van der Waals surface area contributed by atoms with Gasteiger partial charge in [0.2, 0.25) is 0 Å². The molecule has 0 aromatic carbocycles. The number of carbonyl (C=O) groups is 2. The Labute approximate surface area is 114 Å². The maximum Gasteiger partial charge on any atom is 0.335 e. The second-order valence-corrected chi connectivity index (χ2v) is 2.55. The van der Waals surface area contributed by atoms with Crippen molar-refractivity contribution >= 4 is 49.7 Å². The predicted molar refractivity (Wildman–Crippen MR) is 45.1 cm³/mol. The van der Waals surface area contributed by atoms with Crippen LogP contribution < -0.4 is 0 Å². The van der Waals surface area contributed by atoms with Gasteiger partial charge >= 0.3 is 11.9 Å². The first-order chi connectivity index (χ1) is 6.29. The summed E-state index contributed by atoms with van der Waals surface area (Å²) in [4.78, 5) is 20.2. The van der Waals surface area contributed by atoms with Crippen molar-refractivity contribution in [2.45, 2.75) is 24.4 Å². The zero-order chi connectivity index (χ0) is 11.5. The normalized spacial score (nSPS) is 18.1. The molecular weight excluding hydrogens is 240 g/mol.